The van der Waals surface area contributed by atoms with Crippen LogP contribution >= 0.6 is 23.4 Å². The molecule has 1 aromatic heterocycles. The van der Waals surface area contributed by atoms with Gasteiger partial charge in [-0.1, -0.05) is 29.8 Å². The highest BCUT2D eigenvalue weighted by atomic mass is 35.5. The number of halogens is 1. The molecule has 160 valence electrons. The minimum atomic E-state index is -0.531. The number of nitrogens with zero attached hydrogens (tertiary/aromatic N) is 2. The van der Waals surface area contributed by atoms with Crippen LogP contribution in [0.15, 0.2) is 42.5 Å². The number of nitrogens with two attached hydrogens (primary N) is 1. The molecular weight excluding hydrogens is 436 g/mol. The number of ether oxygens (including phenoxy) is 1. The Morgan fingerprint density at radius 3 is 2.71 bits per heavy atom. The van der Waals surface area contributed by atoms with Gasteiger partial charge in [0.25, 0.3) is 5.91 Å². The number of amides is 2. The Morgan fingerprint density at radius 2 is 2.03 bits per heavy atom. The van der Waals surface area contributed by atoms with E-state index in [2.05, 4.69) is 5.32 Å². The Morgan fingerprint density at radius 1 is 1.29 bits per heavy atom. The van der Waals surface area contributed by atoms with Gasteiger partial charge in [-0.05, 0) is 49.2 Å². The molecule has 0 radical (unpaired) electrons. The molecule has 0 unspecified atom stereocenters. The number of thioether (sulfide) groups is 1. The molecule has 3 N–H and O–H groups in total. The molecule has 0 bridgehead atoms. The maximum atomic E-state index is 12.5. The molecule has 31 heavy (non-hydrogen) atoms. The lowest BCUT2D eigenvalue weighted by atomic mass is 10.0. The predicted molar refractivity (Wildman–Crippen MR) is 122 cm³/mol. The van der Waals surface area contributed by atoms with E-state index in [0.717, 1.165) is 28.1 Å². The van der Waals surface area contributed by atoms with Crippen LogP contribution < -0.4 is 15.8 Å². The summed E-state index contributed by atoms with van der Waals surface area (Å²) in [6.45, 7) is 3.69. The van der Waals surface area contributed by atoms with Crippen molar-refractivity contribution >= 4 is 41.0 Å². The van der Waals surface area contributed by atoms with Crippen molar-refractivity contribution in [3.63, 3.8) is 0 Å². The second-order valence-corrected chi connectivity index (χ2v) is 8.76. The highest BCUT2D eigenvalue weighted by Gasteiger charge is 2.30. The quantitative estimate of drug-likeness (QED) is 0.608. The highest BCUT2D eigenvalue weighted by molar-refractivity contribution is 8.00. The monoisotopic (exact) mass is 456 g/mol. The van der Waals surface area contributed by atoms with E-state index >= 15 is 0 Å². The van der Waals surface area contributed by atoms with Crippen LogP contribution in [0.2, 0.25) is 5.02 Å². The molecule has 1 aliphatic rings. The molecule has 2 heterocycles. The van der Waals surface area contributed by atoms with Crippen LogP contribution in [0.25, 0.3) is 5.69 Å². The summed E-state index contributed by atoms with van der Waals surface area (Å²) in [6.07, 6.45) is 0. The average molecular weight is 457 g/mol. The number of primary amides is 1. The van der Waals surface area contributed by atoms with Crippen molar-refractivity contribution in [1.82, 2.24) is 9.78 Å². The Balaban J connectivity index is 1.74. The number of hydrogen-bond acceptors (Lipinski definition) is 5. The summed E-state index contributed by atoms with van der Waals surface area (Å²) >= 11 is 7.86. The summed E-state index contributed by atoms with van der Waals surface area (Å²) in [6, 6.07) is 13.1. The zero-order valence-corrected chi connectivity index (χ0v) is 18.6. The number of aromatic nitrogens is 2. The highest BCUT2D eigenvalue weighted by Crippen LogP contribution is 2.44. The van der Waals surface area contributed by atoms with E-state index in [9.17, 15) is 9.59 Å². The third-order valence-corrected chi connectivity index (χ3v) is 6.65. The van der Waals surface area contributed by atoms with Crippen LogP contribution in [-0.4, -0.2) is 34.0 Å². The largest absolute Gasteiger partial charge is 0.484 e. The Kier molecular flexibility index (Phi) is 5.93. The van der Waals surface area contributed by atoms with Crippen molar-refractivity contribution in [2.24, 2.45) is 5.73 Å². The molecule has 0 fully saturated rings. The number of aryl methyl sites for hydroxylation is 2. The lowest BCUT2D eigenvalue weighted by Crippen LogP contribution is -2.19. The van der Waals surface area contributed by atoms with Crippen LogP contribution in [0.1, 0.15) is 27.6 Å². The molecule has 1 aliphatic heterocycles. The summed E-state index contributed by atoms with van der Waals surface area (Å²) in [5, 5.41) is 8.25. The summed E-state index contributed by atoms with van der Waals surface area (Å²) < 4.78 is 7.08. The molecule has 0 aliphatic carbocycles. The molecule has 7 nitrogen and oxygen atoms in total. The zero-order chi connectivity index (χ0) is 22.1. The van der Waals surface area contributed by atoms with Crippen molar-refractivity contribution in [3.8, 4) is 11.4 Å². The van der Waals surface area contributed by atoms with E-state index in [4.69, 9.17) is 27.2 Å². The summed E-state index contributed by atoms with van der Waals surface area (Å²) in [4.78, 5) is 23.4. The molecular formula is C22H21ClN4O3S. The number of benzene rings is 2. The van der Waals surface area contributed by atoms with Crippen LogP contribution in [-0.2, 0) is 9.59 Å². The van der Waals surface area contributed by atoms with Gasteiger partial charge in [-0.2, -0.15) is 5.10 Å². The molecule has 9 heteroatoms. The van der Waals surface area contributed by atoms with E-state index in [1.54, 1.807) is 16.8 Å². The number of hydrogen-bond donors (Lipinski definition) is 2. The summed E-state index contributed by atoms with van der Waals surface area (Å²) in [5.41, 5.74) is 9.64. The molecule has 0 saturated heterocycles. The lowest BCUT2D eigenvalue weighted by molar-refractivity contribution is -0.120. The van der Waals surface area contributed by atoms with Crippen molar-refractivity contribution in [1.29, 1.82) is 0 Å². The fourth-order valence-corrected chi connectivity index (χ4v) is 4.80. The Hall–Kier alpha value is -2.97. The number of carbonyl (C=O) groups excluding carboxylic acids is 2. The van der Waals surface area contributed by atoms with Crippen LogP contribution in [0.4, 0.5) is 5.82 Å². The smallest absolute Gasteiger partial charge is 0.255 e. The number of nitrogens with one attached hydrogen (secondary N) is 1. The van der Waals surface area contributed by atoms with Gasteiger partial charge in [0.05, 0.1) is 22.4 Å². The molecule has 0 saturated carbocycles. The molecule has 3 aromatic rings. The predicted octanol–water partition coefficient (Wildman–Crippen LogP) is 3.78. The Labute approximate surface area is 188 Å². The van der Waals surface area contributed by atoms with Gasteiger partial charge in [0.1, 0.15) is 11.6 Å². The van der Waals surface area contributed by atoms with Gasteiger partial charge < -0.3 is 15.8 Å². The van der Waals surface area contributed by atoms with Crippen LogP contribution in [0.5, 0.6) is 5.75 Å². The van der Waals surface area contributed by atoms with E-state index in [1.807, 2.05) is 44.2 Å². The zero-order valence-electron chi connectivity index (χ0n) is 17.0. The number of rotatable bonds is 5. The first-order chi connectivity index (χ1) is 14.8. The van der Waals surface area contributed by atoms with Gasteiger partial charge in [0.15, 0.2) is 6.61 Å². The van der Waals surface area contributed by atoms with Gasteiger partial charge in [-0.25, -0.2) is 4.68 Å². The topological polar surface area (TPSA) is 99.2 Å². The summed E-state index contributed by atoms with van der Waals surface area (Å²) in [5.74, 6) is 0.892. The molecule has 4 rings (SSSR count). The number of fused-ring (bicyclic) bond motifs is 1. The third kappa shape index (κ3) is 4.40. The van der Waals surface area contributed by atoms with Gasteiger partial charge in [0, 0.05) is 10.6 Å². The summed E-state index contributed by atoms with van der Waals surface area (Å²) in [7, 11) is 0. The molecule has 1 atom stereocenters. The van der Waals surface area contributed by atoms with Gasteiger partial charge in [-0.15, -0.1) is 11.8 Å². The second kappa shape index (κ2) is 8.64. The normalized spacial score (nSPS) is 15.7. The lowest BCUT2D eigenvalue weighted by Gasteiger charge is -2.16. The maximum Gasteiger partial charge on any atom is 0.255 e. The van der Waals surface area contributed by atoms with Crippen molar-refractivity contribution in [2.75, 3.05) is 17.7 Å². The van der Waals surface area contributed by atoms with Gasteiger partial charge in [-0.3, -0.25) is 9.59 Å². The fraction of sp³-hybridized carbons (Fsp3) is 0.227. The number of carbonyl (C=O) groups is 2. The van der Waals surface area contributed by atoms with E-state index in [-0.39, 0.29) is 17.8 Å². The third-order valence-electron chi connectivity index (χ3n) is 4.97. The fourth-order valence-electron chi connectivity index (χ4n) is 3.44. The minimum absolute atomic E-state index is 0.0884. The van der Waals surface area contributed by atoms with Crippen molar-refractivity contribution in [2.45, 2.75) is 19.1 Å². The van der Waals surface area contributed by atoms with E-state index in [0.29, 0.717) is 22.3 Å². The van der Waals surface area contributed by atoms with Crippen molar-refractivity contribution in [3.05, 3.63) is 69.9 Å². The van der Waals surface area contributed by atoms with Crippen molar-refractivity contribution < 1.29 is 14.3 Å². The second-order valence-electron chi connectivity index (χ2n) is 7.26. The first-order valence-electron chi connectivity index (χ1n) is 9.62. The first-order valence-corrected chi connectivity index (χ1v) is 11.0. The van der Waals surface area contributed by atoms with Gasteiger partial charge in [0.2, 0.25) is 5.91 Å². The molecule has 2 aromatic carbocycles. The van der Waals surface area contributed by atoms with Gasteiger partial charge >= 0.3 is 0 Å². The minimum Gasteiger partial charge on any atom is -0.484 e. The first kappa shape index (κ1) is 21.3. The molecule has 2 amide bonds. The van der Waals surface area contributed by atoms with Crippen LogP contribution in [0, 0.1) is 13.8 Å². The SMILES string of the molecule is Cc1ccc(-n2nc(C)c3c2NC(=O)CS[C@H]3c2ccc(OCC(N)=O)cc2)cc1Cl. The number of anilines is 1. The average Bonchev–Trinajstić information content (AvgIpc) is 2.94. The Bertz CT molecular complexity index is 1160. The maximum absolute atomic E-state index is 12.5. The van der Waals surface area contributed by atoms with Crippen LogP contribution in [0.3, 0.4) is 0 Å². The van der Waals surface area contributed by atoms with E-state index < -0.39 is 5.91 Å². The standard InChI is InChI=1S/C22H21ClN4O3S/c1-12-3-6-15(9-17(12)23)27-22-20(13(2)26-27)21(31-11-19(29)25-22)14-4-7-16(8-5-14)30-10-18(24)28/h3-9,21H,10-11H2,1-2H3,(H2,24,28)(H,25,29)/t21-/m0/s1. The van der Waals surface area contributed by atoms with E-state index in [1.165, 1.54) is 11.8 Å². The molecule has 0 spiro atoms.